The summed E-state index contributed by atoms with van der Waals surface area (Å²) < 4.78 is 41.3. The average molecular weight is 355 g/mol. The van der Waals surface area contributed by atoms with E-state index in [2.05, 4.69) is 14.5 Å². The van der Waals surface area contributed by atoms with Gasteiger partial charge >= 0.3 is 47.4 Å². The Bertz CT molecular complexity index is 736. The number of aromatic nitrogens is 2. The Labute approximate surface area is 152 Å². The predicted molar refractivity (Wildman–Crippen MR) is 63.3 cm³/mol. The van der Waals surface area contributed by atoms with E-state index in [4.69, 9.17) is 10.2 Å². The van der Waals surface area contributed by atoms with Crippen molar-refractivity contribution in [3.8, 4) is 0 Å². The Morgan fingerprint density at radius 2 is 2.09 bits per heavy atom. The van der Waals surface area contributed by atoms with Crippen LogP contribution in [0, 0.1) is 0 Å². The first-order valence-corrected chi connectivity index (χ1v) is 7.48. The van der Waals surface area contributed by atoms with Gasteiger partial charge in [-0.05, 0) is 12.8 Å². The summed E-state index contributed by atoms with van der Waals surface area (Å²) in [6.45, 7) is 0.132. The Morgan fingerprint density at radius 1 is 1.39 bits per heavy atom. The van der Waals surface area contributed by atoms with Crippen molar-refractivity contribution in [3.63, 3.8) is 0 Å². The third kappa shape index (κ3) is 3.49. The molecular weight excluding hydrogens is 345 g/mol. The summed E-state index contributed by atoms with van der Waals surface area (Å²) in [5, 5.41) is 7.65. The van der Waals surface area contributed by atoms with Crippen LogP contribution in [0.1, 0.15) is 35.5 Å². The quantitative estimate of drug-likeness (QED) is 0.317. The molecule has 2 bridgehead atoms. The number of urea groups is 1. The van der Waals surface area contributed by atoms with Crippen LogP contribution >= 0.6 is 0 Å². The van der Waals surface area contributed by atoms with E-state index < -0.39 is 34.4 Å². The molecule has 14 heteroatoms. The zero-order valence-electron chi connectivity index (χ0n) is 11.9. The fourth-order valence-electron chi connectivity index (χ4n) is 2.55. The van der Waals surface area contributed by atoms with Crippen LogP contribution < -0.4 is 35.3 Å². The van der Waals surface area contributed by atoms with E-state index in [9.17, 15) is 22.6 Å². The van der Waals surface area contributed by atoms with Crippen LogP contribution in [0.3, 0.4) is 0 Å². The average Bonchev–Trinajstić information content (AvgIpc) is 2.99. The fraction of sp³-hybridized carbons (Fsp3) is 0.556. The van der Waals surface area contributed by atoms with Gasteiger partial charge in [-0.25, -0.2) is 13.2 Å². The Hall–Kier alpha value is -1.25. The maximum atomic E-state index is 12.1. The maximum Gasteiger partial charge on any atom is 1.00 e. The van der Waals surface area contributed by atoms with Crippen molar-refractivity contribution in [1.82, 2.24) is 20.2 Å². The molecule has 120 valence electrons. The van der Waals surface area contributed by atoms with Crippen LogP contribution in [-0.4, -0.2) is 57.7 Å². The van der Waals surface area contributed by atoms with E-state index in [1.807, 2.05) is 0 Å². The number of rotatable bonds is 4. The summed E-state index contributed by atoms with van der Waals surface area (Å²) in [5.74, 6) is -1.28. The molecule has 0 spiro atoms. The Kier molecular flexibility index (Phi) is 4.98. The molecule has 3 rings (SSSR count). The summed E-state index contributed by atoms with van der Waals surface area (Å²) in [5.41, 5.74) is 5.01. The summed E-state index contributed by atoms with van der Waals surface area (Å²) in [4.78, 5) is 24.3. The number of fused-ring (bicyclic) bond motifs is 2. The zero-order chi connectivity index (χ0) is 16.1. The van der Waals surface area contributed by atoms with Crippen molar-refractivity contribution in [1.29, 1.82) is 0 Å². The van der Waals surface area contributed by atoms with E-state index in [0.29, 0.717) is 17.9 Å². The first-order chi connectivity index (χ1) is 10.3. The largest absolute Gasteiger partial charge is 1.00 e. The minimum Gasteiger partial charge on any atom is -0.724 e. The van der Waals surface area contributed by atoms with E-state index in [-0.39, 0.29) is 47.9 Å². The number of hydrogen-bond donors (Lipinski definition) is 1. The van der Waals surface area contributed by atoms with Crippen LogP contribution in [0.25, 0.3) is 0 Å². The molecule has 2 saturated heterocycles. The molecule has 0 saturated carbocycles. The molecule has 2 aliphatic rings. The first-order valence-electron chi connectivity index (χ1n) is 6.14. The van der Waals surface area contributed by atoms with Crippen molar-refractivity contribution in [2.24, 2.45) is 5.73 Å². The standard InChI is InChI=1S/C9H11N5O7S.Na/c10-6(15)8-12-11-7(20-8)5-2-1-4-3-13(5)9(16)14(4)21-22(17,18)19;/h4-5H,1-3H2,(H2,10,15)(H,17,18,19);/q;+1/p-1/t4-,5+;/m1./s1. The smallest absolute Gasteiger partial charge is 0.724 e. The van der Waals surface area contributed by atoms with Gasteiger partial charge in [0.1, 0.15) is 6.04 Å². The Morgan fingerprint density at radius 3 is 2.65 bits per heavy atom. The van der Waals surface area contributed by atoms with Gasteiger partial charge < -0.3 is 19.6 Å². The number of hydroxylamine groups is 2. The monoisotopic (exact) mass is 355 g/mol. The molecule has 1 aromatic heterocycles. The summed E-state index contributed by atoms with van der Waals surface area (Å²) in [7, 11) is -5.05. The molecule has 0 unspecified atom stereocenters. The molecule has 0 radical (unpaired) electrons. The van der Waals surface area contributed by atoms with Gasteiger partial charge in [0.05, 0.1) is 6.04 Å². The number of nitrogens with two attached hydrogens (primary N) is 1. The SMILES string of the molecule is NC(=O)c1nnc([C@@H]2CC[C@@H]3CN2C(=O)N3OS(=O)(=O)[O-])o1.[Na+]. The third-order valence-corrected chi connectivity index (χ3v) is 3.77. The molecule has 2 N–H and O–H groups in total. The van der Waals surface area contributed by atoms with Crippen molar-refractivity contribution < 1.29 is 60.8 Å². The zero-order valence-corrected chi connectivity index (χ0v) is 14.7. The number of primary amides is 1. The van der Waals surface area contributed by atoms with Crippen molar-refractivity contribution >= 4 is 22.3 Å². The van der Waals surface area contributed by atoms with Crippen molar-refractivity contribution in [2.75, 3.05) is 6.54 Å². The van der Waals surface area contributed by atoms with Crippen LogP contribution in [0.2, 0.25) is 0 Å². The van der Waals surface area contributed by atoms with E-state index in [0.717, 1.165) is 0 Å². The molecule has 0 aromatic carbocycles. The fourth-order valence-corrected chi connectivity index (χ4v) is 2.94. The number of amides is 3. The molecule has 2 atom stereocenters. The van der Waals surface area contributed by atoms with Crippen LogP contribution in [0.5, 0.6) is 0 Å². The Balaban J connectivity index is 0.00000192. The van der Waals surface area contributed by atoms with Gasteiger partial charge in [0, 0.05) is 6.54 Å². The second-order valence-electron chi connectivity index (χ2n) is 4.80. The second kappa shape index (κ2) is 6.33. The summed E-state index contributed by atoms with van der Waals surface area (Å²) in [6.07, 6.45) is 0.728. The third-order valence-electron chi connectivity index (χ3n) is 3.43. The molecule has 2 fully saturated rings. The molecule has 2 aliphatic heterocycles. The summed E-state index contributed by atoms with van der Waals surface area (Å²) >= 11 is 0. The van der Waals surface area contributed by atoms with Gasteiger partial charge in [0.25, 0.3) is 0 Å². The van der Waals surface area contributed by atoms with Crippen molar-refractivity contribution in [2.45, 2.75) is 24.9 Å². The topological polar surface area (TPSA) is 172 Å². The first kappa shape index (κ1) is 18.1. The van der Waals surface area contributed by atoms with Gasteiger partial charge in [-0.1, -0.05) is 0 Å². The maximum absolute atomic E-state index is 12.1. The number of hydrogen-bond acceptors (Lipinski definition) is 9. The predicted octanol–water partition coefficient (Wildman–Crippen LogP) is -4.49. The minimum atomic E-state index is -5.05. The molecule has 3 heterocycles. The van der Waals surface area contributed by atoms with Gasteiger partial charge in [-0.3, -0.25) is 4.79 Å². The minimum absolute atomic E-state index is 0. The normalized spacial score (nSPS) is 23.8. The van der Waals surface area contributed by atoms with Crippen LogP contribution in [-0.2, 0) is 14.7 Å². The van der Waals surface area contributed by atoms with Gasteiger partial charge in [-0.15, -0.1) is 10.2 Å². The molecule has 23 heavy (non-hydrogen) atoms. The molecule has 1 aromatic rings. The molecule has 0 aliphatic carbocycles. The van der Waals surface area contributed by atoms with Crippen LogP contribution in [0.15, 0.2) is 4.42 Å². The summed E-state index contributed by atoms with van der Waals surface area (Å²) in [6, 6.07) is -2.01. The molecule has 3 amide bonds. The number of nitrogens with zero attached hydrogens (tertiary/aromatic N) is 4. The molecule has 12 nitrogen and oxygen atoms in total. The van der Waals surface area contributed by atoms with Gasteiger partial charge in [0.2, 0.25) is 16.3 Å². The van der Waals surface area contributed by atoms with Gasteiger partial charge in [0.15, 0.2) is 0 Å². The van der Waals surface area contributed by atoms with E-state index >= 15 is 0 Å². The van der Waals surface area contributed by atoms with E-state index in [1.54, 1.807) is 0 Å². The number of carbonyl (C=O) groups is 2. The van der Waals surface area contributed by atoms with Crippen LogP contribution in [0.4, 0.5) is 4.79 Å². The molecular formula is C9H10N5NaO7S. The second-order valence-corrected chi connectivity index (χ2v) is 5.77. The van der Waals surface area contributed by atoms with Crippen molar-refractivity contribution in [3.05, 3.63) is 11.8 Å². The van der Waals surface area contributed by atoms with Gasteiger partial charge in [-0.2, -0.15) is 9.35 Å². The number of carbonyl (C=O) groups excluding carboxylic acids is 2. The van der Waals surface area contributed by atoms with E-state index in [1.165, 1.54) is 4.90 Å². The number of piperidine rings is 1.